The number of carboxylic acids is 1. The second-order valence-electron chi connectivity index (χ2n) is 5.93. The summed E-state index contributed by atoms with van der Waals surface area (Å²) in [5.41, 5.74) is 0.669. The number of phenolic OH excluding ortho intramolecular Hbond substituents is 1. The normalized spacial score (nSPS) is 11.9. The first-order valence-corrected chi connectivity index (χ1v) is 8.36. The molecule has 1 atom stereocenters. The molecule has 1 amide bonds. The number of hydrogen-bond donors (Lipinski definition) is 4. The number of carbonyl (C=O) groups is 2. The molecule has 0 saturated heterocycles. The maximum Gasteiger partial charge on any atom is 0.326 e. The van der Waals surface area contributed by atoms with Gasteiger partial charge >= 0.3 is 5.97 Å². The van der Waals surface area contributed by atoms with E-state index in [1.807, 2.05) is 0 Å². The van der Waals surface area contributed by atoms with Gasteiger partial charge in [0.15, 0.2) is 0 Å². The van der Waals surface area contributed by atoms with E-state index in [2.05, 4.69) is 10.3 Å². The largest absolute Gasteiger partial charge is 0.506 e. The summed E-state index contributed by atoms with van der Waals surface area (Å²) < 4.78 is 0. The van der Waals surface area contributed by atoms with Crippen LogP contribution in [-0.4, -0.2) is 33.1 Å². The predicted octanol–water partition coefficient (Wildman–Crippen LogP) is 2.31. The Balaban J connectivity index is 1.89. The van der Waals surface area contributed by atoms with E-state index in [0.29, 0.717) is 16.0 Å². The zero-order chi connectivity index (χ0) is 19.6. The van der Waals surface area contributed by atoms with Crippen molar-refractivity contribution < 1.29 is 19.8 Å². The van der Waals surface area contributed by atoms with Gasteiger partial charge in [-0.1, -0.05) is 17.7 Å². The molecule has 3 rings (SSSR count). The topological polar surface area (TPSA) is 119 Å². The Morgan fingerprint density at radius 1 is 1.07 bits per heavy atom. The number of aromatic amines is 1. The van der Waals surface area contributed by atoms with Gasteiger partial charge in [0.05, 0.1) is 5.52 Å². The highest BCUT2D eigenvalue weighted by atomic mass is 35.5. The first-order chi connectivity index (χ1) is 12.8. The molecule has 0 aliphatic rings. The third kappa shape index (κ3) is 4.09. The molecule has 1 unspecified atom stereocenters. The number of halogens is 1. The Hall–Kier alpha value is -3.32. The van der Waals surface area contributed by atoms with Gasteiger partial charge < -0.3 is 20.5 Å². The van der Waals surface area contributed by atoms with Crippen molar-refractivity contribution in [1.29, 1.82) is 0 Å². The number of carboxylic acid groups (broad SMARTS) is 1. The van der Waals surface area contributed by atoms with Crippen LogP contribution >= 0.6 is 11.6 Å². The molecule has 7 nitrogen and oxygen atoms in total. The standard InChI is InChI=1S/C19H15ClN2O5/c20-12-4-1-10(2-5-12)18(25)21-14(19(26)27)9-11-3-7-15(23)17-13(11)6-8-16(24)22-17/h1-8,14,23H,9H2,(H,21,25)(H,22,24)(H,26,27). The average Bonchev–Trinajstić information content (AvgIpc) is 2.63. The molecule has 0 fully saturated rings. The molecule has 0 spiro atoms. The van der Waals surface area contributed by atoms with Crippen LogP contribution in [0.4, 0.5) is 0 Å². The Bertz CT molecular complexity index is 1080. The first kappa shape index (κ1) is 18.5. The summed E-state index contributed by atoms with van der Waals surface area (Å²) in [6, 6.07) is 10.6. The smallest absolute Gasteiger partial charge is 0.326 e. The number of hydrogen-bond acceptors (Lipinski definition) is 4. The maximum absolute atomic E-state index is 12.3. The lowest BCUT2D eigenvalue weighted by atomic mass is 10.00. The number of aliphatic carboxylic acids is 1. The van der Waals surface area contributed by atoms with E-state index in [4.69, 9.17) is 11.6 Å². The highest BCUT2D eigenvalue weighted by molar-refractivity contribution is 6.30. The van der Waals surface area contributed by atoms with Gasteiger partial charge in [0.25, 0.3) is 5.91 Å². The molecule has 1 heterocycles. The predicted molar refractivity (Wildman–Crippen MR) is 100 cm³/mol. The third-order valence-corrected chi connectivity index (χ3v) is 4.35. The van der Waals surface area contributed by atoms with Crippen LogP contribution in [0.15, 0.2) is 53.3 Å². The lowest BCUT2D eigenvalue weighted by Gasteiger charge is -2.16. The van der Waals surface area contributed by atoms with Gasteiger partial charge in [0, 0.05) is 28.5 Å². The molecule has 0 bridgehead atoms. The summed E-state index contributed by atoms with van der Waals surface area (Å²) in [5, 5.41) is 22.9. The van der Waals surface area contributed by atoms with Gasteiger partial charge in [0.2, 0.25) is 5.56 Å². The molecule has 3 aromatic rings. The Morgan fingerprint density at radius 2 is 1.78 bits per heavy atom. The van der Waals surface area contributed by atoms with Gasteiger partial charge in [-0.25, -0.2) is 4.79 Å². The van der Waals surface area contributed by atoms with E-state index in [1.165, 1.54) is 42.5 Å². The number of aromatic nitrogens is 1. The van der Waals surface area contributed by atoms with Crippen LogP contribution < -0.4 is 10.9 Å². The summed E-state index contributed by atoms with van der Waals surface area (Å²) in [5.74, 6) is -1.87. The molecule has 0 aliphatic heterocycles. The lowest BCUT2D eigenvalue weighted by molar-refractivity contribution is -0.139. The number of H-pyrrole nitrogens is 1. The fourth-order valence-corrected chi connectivity index (χ4v) is 2.86. The SMILES string of the molecule is O=C(NC(Cc1ccc(O)c2[nH]c(=O)ccc12)C(=O)O)c1ccc(Cl)cc1. The van der Waals surface area contributed by atoms with Crippen molar-refractivity contribution in [2.75, 3.05) is 0 Å². The minimum absolute atomic E-state index is 0.0303. The zero-order valence-corrected chi connectivity index (χ0v) is 14.7. The Labute approximate surface area is 158 Å². The van der Waals surface area contributed by atoms with Crippen LogP contribution in [-0.2, 0) is 11.2 Å². The molecule has 0 aliphatic carbocycles. The van der Waals surface area contributed by atoms with Gasteiger partial charge in [-0.2, -0.15) is 0 Å². The summed E-state index contributed by atoms with van der Waals surface area (Å²) in [4.78, 5) is 38.0. The molecule has 138 valence electrons. The molecule has 0 radical (unpaired) electrons. The number of aromatic hydroxyl groups is 1. The van der Waals surface area contributed by atoms with E-state index in [1.54, 1.807) is 6.07 Å². The second-order valence-corrected chi connectivity index (χ2v) is 6.37. The Morgan fingerprint density at radius 3 is 2.44 bits per heavy atom. The number of carbonyl (C=O) groups excluding carboxylic acids is 1. The number of pyridine rings is 1. The number of benzene rings is 2. The number of rotatable bonds is 5. The van der Waals surface area contributed by atoms with Gasteiger partial charge in [0.1, 0.15) is 11.8 Å². The van der Waals surface area contributed by atoms with Crippen molar-refractivity contribution >= 4 is 34.4 Å². The molecule has 8 heteroatoms. The van der Waals surface area contributed by atoms with Crippen molar-refractivity contribution in [3.8, 4) is 5.75 Å². The van der Waals surface area contributed by atoms with Crippen LogP contribution in [0, 0.1) is 0 Å². The summed E-state index contributed by atoms with van der Waals surface area (Å²) in [7, 11) is 0. The monoisotopic (exact) mass is 386 g/mol. The van der Waals surface area contributed by atoms with E-state index >= 15 is 0 Å². The van der Waals surface area contributed by atoms with Gasteiger partial charge in [-0.3, -0.25) is 9.59 Å². The third-order valence-electron chi connectivity index (χ3n) is 4.10. The van der Waals surface area contributed by atoms with Gasteiger partial charge in [-0.05, 0) is 42.0 Å². The zero-order valence-electron chi connectivity index (χ0n) is 13.9. The van der Waals surface area contributed by atoms with E-state index in [9.17, 15) is 24.6 Å². The second kappa shape index (κ2) is 7.51. The fourth-order valence-electron chi connectivity index (χ4n) is 2.74. The summed E-state index contributed by atoms with van der Waals surface area (Å²) >= 11 is 5.79. The highest BCUT2D eigenvalue weighted by Gasteiger charge is 2.22. The van der Waals surface area contributed by atoms with Crippen LogP contribution in [0.5, 0.6) is 5.75 Å². The minimum Gasteiger partial charge on any atom is -0.506 e. The molecule has 2 aromatic carbocycles. The summed E-state index contributed by atoms with van der Waals surface area (Å²) in [6.07, 6.45) is -0.0303. The molecule has 1 aromatic heterocycles. The highest BCUT2D eigenvalue weighted by Crippen LogP contribution is 2.25. The molecule has 4 N–H and O–H groups in total. The van der Waals surface area contributed by atoms with Crippen LogP contribution in [0.1, 0.15) is 15.9 Å². The van der Waals surface area contributed by atoms with Crippen LogP contribution in [0.3, 0.4) is 0 Å². The molecular weight excluding hydrogens is 372 g/mol. The summed E-state index contributed by atoms with van der Waals surface area (Å²) in [6.45, 7) is 0. The average molecular weight is 387 g/mol. The van der Waals surface area contributed by atoms with Crippen LogP contribution in [0.2, 0.25) is 5.02 Å². The van der Waals surface area contributed by atoms with E-state index in [-0.39, 0.29) is 28.8 Å². The fraction of sp³-hybridized carbons (Fsp3) is 0.105. The Kier molecular flexibility index (Phi) is 5.14. The van der Waals surface area contributed by atoms with Crippen molar-refractivity contribution in [1.82, 2.24) is 10.3 Å². The number of phenols is 1. The number of fused-ring (bicyclic) bond motifs is 1. The minimum atomic E-state index is -1.21. The first-order valence-electron chi connectivity index (χ1n) is 7.98. The maximum atomic E-state index is 12.3. The van der Waals surface area contributed by atoms with Crippen molar-refractivity contribution in [2.24, 2.45) is 0 Å². The van der Waals surface area contributed by atoms with Crippen molar-refractivity contribution in [2.45, 2.75) is 12.5 Å². The van der Waals surface area contributed by atoms with Crippen LogP contribution in [0.25, 0.3) is 10.9 Å². The van der Waals surface area contributed by atoms with Gasteiger partial charge in [-0.15, -0.1) is 0 Å². The van der Waals surface area contributed by atoms with E-state index in [0.717, 1.165) is 0 Å². The van der Waals surface area contributed by atoms with E-state index < -0.39 is 17.9 Å². The molecule has 0 saturated carbocycles. The van der Waals surface area contributed by atoms with Crippen molar-refractivity contribution in [3.63, 3.8) is 0 Å². The van der Waals surface area contributed by atoms with Crippen molar-refractivity contribution in [3.05, 3.63) is 75.0 Å². The number of nitrogens with one attached hydrogen (secondary N) is 2. The number of amides is 1. The molecular formula is C19H15ClN2O5. The lowest BCUT2D eigenvalue weighted by Crippen LogP contribution is -2.42. The quantitative estimate of drug-likeness (QED) is 0.536. The molecule has 27 heavy (non-hydrogen) atoms.